The Morgan fingerprint density at radius 2 is 1.90 bits per heavy atom. The average molecular weight is 448 g/mol. The molecule has 0 saturated carbocycles. The summed E-state index contributed by atoms with van der Waals surface area (Å²) in [5.74, 6) is 1.43. The van der Waals surface area contributed by atoms with Crippen molar-refractivity contribution < 1.29 is 9.47 Å². The van der Waals surface area contributed by atoms with Crippen LogP contribution in [-0.2, 0) is 0 Å². The van der Waals surface area contributed by atoms with E-state index in [1.165, 1.54) is 0 Å². The van der Waals surface area contributed by atoms with E-state index in [-0.39, 0.29) is 6.04 Å². The van der Waals surface area contributed by atoms with Crippen molar-refractivity contribution in [1.82, 2.24) is 0 Å². The van der Waals surface area contributed by atoms with E-state index in [1.54, 1.807) is 14.2 Å². The first-order valence-electron chi connectivity index (χ1n) is 6.00. The van der Waals surface area contributed by atoms with Crippen LogP contribution in [0.3, 0.4) is 0 Å². The number of methoxy groups -OCH3 is 2. The topological polar surface area (TPSA) is 44.5 Å². The zero-order chi connectivity index (χ0) is 14.7. The molecule has 2 N–H and O–H groups in total. The third kappa shape index (κ3) is 3.10. The number of hydrogen-bond donors (Lipinski definition) is 1. The largest absolute Gasteiger partial charge is 0.495 e. The first-order chi connectivity index (χ1) is 9.58. The van der Waals surface area contributed by atoms with Crippen LogP contribution in [0.2, 0.25) is 0 Å². The van der Waals surface area contributed by atoms with Gasteiger partial charge in [0.25, 0.3) is 0 Å². The molecule has 2 aromatic rings. The summed E-state index contributed by atoms with van der Waals surface area (Å²) in [6, 6.07) is 11.7. The van der Waals surface area contributed by atoms with Gasteiger partial charge in [-0.25, -0.2) is 0 Å². The van der Waals surface area contributed by atoms with Crippen molar-refractivity contribution in [1.29, 1.82) is 0 Å². The molecule has 1 atom stereocenters. The van der Waals surface area contributed by atoms with Gasteiger partial charge < -0.3 is 15.2 Å². The van der Waals surface area contributed by atoms with Gasteiger partial charge in [0.05, 0.1) is 20.3 Å². The van der Waals surface area contributed by atoms with Gasteiger partial charge in [-0.1, -0.05) is 12.1 Å². The van der Waals surface area contributed by atoms with Crippen LogP contribution in [0, 0.1) is 3.57 Å². The van der Waals surface area contributed by atoms with Gasteiger partial charge in [-0.3, -0.25) is 0 Å². The molecule has 0 fully saturated rings. The highest BCUT2D eigenvalue weighted by atomic mass is 127. The second-order valence-corrected chi connectivity index (χ2v) is 6.28. The van der Waals surface area contributed by atoms with E-state index < -0.39 is 0 Å². The Kier molecular flexibility index (Phi) is 5.29. The summed E-state index contributed by atoms with van der Waals surface area (Å²) < 4.78 is 12.7. The summed E-state index contributed by atoms with van der Waals surface area (Å²) in [6.45, 7) is 0. The maximum absolute atomic E-state index is 6.38. The van der Waals surface area contributed by atoms with Crippen LogP contribution in [0.15, 0.2) is 40.9 Å². The predicted octanol–water partition coefficient (Wildman–Crippen LogP) is 4.12. The van der Waals surface area contributed by atoms with Gasteiger partial charge in [0.2, 0.25) is 0 Å². The highest BCUT2D eigenvalue weighted by Crippen LogP contribution is 2.40. The van der Waals surface area contributed by atoms with Gasteiger partial charge in [0, 0.05) is 9.13 Å². The van der Waals surface area contributed by atoms with Crippen LogP contribution in [-0.4, -0.2) is 14.2 Å². The maximum atomic E-state index is 6.38. The molecule has 1 unspecified atom stereocenters. The Morgan fingerprint density at radius 1 is 1.15 bits per heavy atom. The molecule has 0 aromatic heterocycles. The Bertz CT molecular complexity index is 619. The smallest absolute Gasteiger partial charge is 0.141 e. The van der Waals surface area contributed by atoms with Crippen molar-refractivity contribution in [2.24, 2.45) is 5.73 Å². The van der Waals surface area contributed by atoms with Gasteiger partial charge in [-0.2, -0.15) is 0 Å². The van der Waals surface area contributed by atoms with Crippen LogP contribution in [0.5, 0.6) is 11.5 Å². The van der Waals surface area contributed by atoms with Crippen LogP contribution in [0.25, 0.3) is 0 Å². The summed E-state index contributed by atoms with van der Waals surface area (Å²) in [4.78, 5) is 0. The number of nitrogens with two attached hydrogens (primary N) is 1. The summed E-state index contributed by atoms with van der Waals surface area (Å²) in [5.41, 5.74) is 8.34. The van der Waals surface area contributed by atoms with Crippen molar-refractivity contribution >= 4 is 38.5 Å². The molecule has 0 radical (unpaired) electrons. The normalized spacial score (nSPS) is 12.1. The fraction of sp³-hybridized carbons (Fsp3) is 0.200. The van der Waals surface area contributed by atoms with Gasteiger partial charge in [-0.15, -0.1) is 0 Å². The quantitative estimate of drug-likeness (QED) is 0.717. The lowest BCUT2D eigenvalue weighted by molar-refractivity contribution is 0.385. The lowest BCUT2D eigenvalue weighted by Gasteiger charge is -2.19. The molecule has 0 spiro atoms. The number of hydrogen-bond acceptors (Lipinski definition) is 3. The van der Waals surface area contributed by atoms with Crippen LogP contribution < -0.4 is 15.2 Å². The van der Waals surface area contributed by atoms with Crippen molar-refractivity contribution in [3.05, 3.63) is 55.6 Å². The van der Waals surface area contributed by atoms with E-state index in [4.69, 9.17) is 15.2 Å². The molecule has 20 heavy (non-hydrogen) atoms. The minimum atomic E-state index is -0.248. The molecule has 0 amide bonds. The van der Waals surface area contributed by atoms with Crippen molar-refractivity contribution in [2.45, 2.75) is 6.04 Å². The molecule has 0 heterocycles. The van der Waals surface area contributed by atoms with Crippen LogP contribution >= 0.6 is 38.5 Å². The Hall–Kier alpha value is -0.790. The van der Waals surface area contributed by atoms with Crippen LogP contribution in [0.1, 0.15) is 17.2 Å². The number of benzene rings is 2. The lowest BCUT2D eigenvalue weighted by atomic mass is 9.98. The Balaban J connectivity index is 2.49. The zero-order valence-electron chi connectivity index (χ0n) is 11.2. The standard InChI is InChI=1S/C15H15BrINO2/c1-19-12-7-6-11(15(20-2)13(12)16)14(18)9-4-3-5-10(17)8-9/h3-8,14H,18H2,1-2H3. The van der Waals surface area contributed by atoms with E-state index >= 15 is 0 Å². The molecule has 0 aliphatic carbocycles. The Morgan fingerprint density at radius 3 is 2.50 bits per heavy atom. The van der Waals surface area contributed by atoms with E-state index in [0.29, 0.717) is 5.75 Å². The van der Waals surface area contributed by atoms with Gasteiger partial charge in [-0.05, 0) is 68.3 Å². The molecule has 106 valence electrons. The molecule has 0 bridgehead atoms. The van der Waals surface area contributed by atoms with Gasteiger partial charge in [0.15, 0.2) is 0 Å². The molecule has 2 aromatic carbocycles. The third-order valence-electron chi connectivity index (χ3n) is 3.06. The van der Waals surface area contributed by atoms with Gasteiger partial charge >= 0.3 is 0 Å². The monoisotopic (exact) mass is 447 g/mol. The Labute approximate surface area is 140 Å². The molecule has 0 saturated heterocycles. The lowest BCUT2D eigenvalue weighted by Crippen LogP contribution is -2.13. The molecular formula is C15H15BrINO2. The van der Waals surface area contributed by atoms with E-state index in [2.05, 4.69) is 44.6 Å². The summed E-state index contributed by atoms with van der Waals surface area (Å²) in [7, 11) is 3.25. The summed E-state index contributed by atoms with van der Waals surface area (Å²) in [6.07, 6.45) is 0. The SMILES string of the molecule is COc1ccc(C(N)c2cccc(I)c2)c(OC)c1Br. The minimum absolute atomic E-state index is 0.248. The number of rotatable bonds is 4. The highest BCUT2D eigenvalue weighted by molar-refractivity contribution is 14.1. The number of halogens is 2. The third-order valence-corrected chi connectivity index (χ3v) is 4.48. The fourth-order valence-corrected chi connectivity index (χ4v) is 3.29. The van der Waals surface area contributed by atoms with E-state index in [0.717, 1.165) is 24.9 Å². The first-order valence-corrected chi connectivity index (χ1v) is 7.87. The van der Waals surface area contributed by atoms with Crippen molar-refractivity contribution in [3.63, 3.8) is 0 Å². The van der Waals surface area contributed by atoms with E-state index in [9.17, 15) is 0 Å². The molecule has 0 aliphatic rings. The van der Waals surface area contributed by atoms with Gasteiger partial charge in [0.1, 0.15) is 16.0 Å². The average Bonchev–Trinajstić information content (AvgIpc) is 2.46. The first kappa shape index (κ1) is 15.6. The second-order valence-electron chi connectivity index (χ2n) is 4.24. The molecule has 0 aliphatic heterocycles. The number of ether oxygens (including phenoxy) is 2. The molecule has 2 rings (SSSR count). The maximum Gasteiger partial charge on any atom is 0.141 e. The summed E-state index contributed by atoms with van der Waals surface area (Å²) in [5, 5.41) is 0. The molecular weight excluding hydrogens is 433 g/mol. The molecule has 5 heteroatoms. The fourth-order valence-electron chi connectivity index (χ4n) is 2.04. The van der Waals surface area contributed by atoms with Crippen molar-refractivity contribution in [3.8, 4) is 11.5 Å². The zero-order valence-corrected chi connectivity index (χ0v) is 14.9. The summed E-state index contributed by atoms with van der Waals surface area (Å²) >= 11 is 5.78. The van der Waals surface area contributed by atoms with Crippen LogP contribution in [0.4, 0.5) is 0 Å². The molecule has 3 nitrogen and oxygen atoms in total. The highest BCUT2D eigenvalue weighted by Gasteiger charge is 2.19. The predicted molar refractivity (Wildman–Crippen MR) is 92.4 cm³/mol. The van der Waals surface area contributed by atoms with Crippen molar-refractivity contribution in [2.75, 3.05) is 14.2 Å². The minimum Gasteiger partial charge on any atom is -0.495 e. The van der Waals surface area contributed by atoms with E-state index in [1.807, 2.05) is 30.3 Å². The second kappa shape index (κ2) is 6.78.